The SMILES string of the molecule is COC(=O)c1ccc(S(=O)(=O)NCCC(N)=O)c(N)c1. The van der Waals surface area contributed by atoms with Crippen LogP contribution in [0.25, 0.3) is 0 Å². The highest BCUT2D eigenvalue weighted by molar-refractivity contribution is 7.89. The van der Waals surface area contributed by atoms with Crippen LogP contribution in [-0.2, 0) is 19.6 Å². The maximum atomic E-state index is 11.9. The first-order valence-electron chi connectivity index (χ1n) is 5.53. The number of methoxy groups -OCH3 is 1. The molecule has 0 aromatic heterocycles. The minimum Gasteiger partial charge on any atom is -0.465 e. The Kier molecular flexibility index (Phi) is 5.06. The van der Waals surface area contributed by atoms with Crippen molar-refractivity contribution in [3.63, 3.8) is 0 Å². The van der Waals surface area contributed by atoms with Gasteiger partial charge in [0.05, 0.1) is 18.4 Å². The van der Waals surface area contributed by atoms with Gasteiger partial charge in [-0.1, -0.05) is 0 Å². The van der Waals surface area contributed by atoms with Crippen molar-refractivity contribution in [3.05, 3.63) is 23.8 Å². The quantitative estimate of drug-likeness (QED) is 0.464. The molecule has 0 unspecified atom stereocenters. The van der Waals surface area contributed by atoms with E-state index in [4.69, 9.17) is 11.5 Å². The number of nitrogens with two attached hydrogens (primary N) is 2. The molecule has 0 saturated carbocycles. The molecule has 110 valence electrons. The summed E-state index contributed by atoms with van der Waals surface area (Å²) in [6.45, 7) is -0.129. The highest BCUT2D eigenvalue weighted by Gasteiger charge is 2.19. The smallest absolute Gasteiger partial charge is 0.337 e. The lowest BCUT2D eigenvalue weighted by Crippen LogP contribution is -2.28. The van der Waals surface area contributed by atoms with Gasteiger partial charge in [0.15, 0.2) is 0 Å². The minimum atomic E-state index is -3.87. The summed E-state index contributed by atoms with van der Waals surface area (Å²) in [7, 11) is -2.67. The van der Waals surface area contributed by atoms with Crippen LogP contribution in [0.2, 0.25) is 0 Å². The van der Waals surface area contributed by atoms with E-state index in [-0.39, 0.29) is 29.1 Å². The molecule has 9 heteroatoms. The largest absolute Gasteiger partial charge is 0.465 e. The Morgan fingerprint density at radius 2 is 2.00 bits per heavy atom. The number of benzene rings is 1. The molecule has 0 heterocycles. The molecule has 5 N–H and O–H groups in total. The summed E-state index contributed by atoms with van der Waals surface area (Å²) in [5.74, 6) is -1.25. The zero-order valence-electron chi connectivity index (χ0n) is 10.8. The predicted molar refractivity (Wildman–Crippen MR) is 71.2 cm³/mol. The summed E-state index contributed by atoms with van der Waals surface area (Å²) in [4.78, 5) is 21.6. The second-order valence-corrected chi connectivity index (χ2v) is 5.59. The van der Waals surface area contributed by atoms with Gasteiger partial charge in [0.1, 0.15) is 4.90 Å². The number of rotatable bonds is 6. The summed E-state index contributed by atoms with van der Waals surface area (Å²) >= 11 is 0. The Labute approximate surface area is 116 Å². The van der Waals surface area contributed by atoms with Crippen molar-refractivity contribution in [1.82, 2.24) is 4.72 Å². The summed E-state index contributed by atoms with van der Waals surface area (Å²) in [6, 6.07) is 3.67. The van der Waals surface area contributed by atoms with Crippen molar-refractivity contribution in [2.45, 2.75) is 11.3 Å². The van der Waals surface area contributed by atoms with Crippen molar-refractivity contribution < 1.29 is 22.7 Å². The monoisotopic (exact) mass is 301 g/mol. The molecule has 0 aliphatic rings. The van der Waals surface area contributed by atoms with Gasteiger partial charge in [-0.05, 0) is 18.2 Å². The number of anilines is 1. The van der Waals surface area contributed by atoms with E-state index in [9.17, 15) is 18.0 Å². The number of ether oxygens (including phenoxy) is 1. The van der Waals surface area contributed by atoms with Gasteiger partial charge in [0.2, 0.25) is 15.9 Å². The highest BCUT2D eigenvalue weighted by atomic mass is 32.2. The summed E-state index contributed by atoms with van der Waals surface area (Å²) in [5, 5.41) is 0. The fraction of sp³-hybridized carbons (Fsp3) is 0.273. The molecule has 20 heavy (non-hydrogen) atoms. The lowest BCUT2D eigenvalue weighted by molar-refractivity contribution is -0.117. The average molecular weight is 301 g/mol. The number of nitrogens with one attached hydrogen (secondary N) is 1. The number of esters is 1. The highest BCUT2D eigenvalue weighted by Crippen LogP contribution is 2.20. The molecular formula is C11H15N3O5S. The van der Waals surface area contributed by atoms with Gasteiger partial charge in [-0.2, -0.15) is 0 Å². The van der Waals surface area contributed by atoms with Gasteiger partial charge in [0, 0.05) is 13.0 Å². The predicted octanol–water partition coefficient (Wildman–Crippen LogP) is -0.791. The van der Waals surface area contributed by atoms with E-state index in [0.29, 0.717) is 0 Å². The zero-order chi connectivity index (χ0) is 15.3. The number of amides is 1. The lowest BCUT2D eigenvalue weighted by Gasteiger charge is -2.09. The molecule has 1 aromatic rings. The van der Waals surface area contributed by atoms with Gasteiger partial charge in [-0.3, -0.25) is 4.79 Å². The van der Waals surface area contributed by atoms with E-state index < -0.39 is 21.9 Å². The second kappa shape index (κ2) is 6.35. The normalized spacial score (nSPS) is 11.1. The van der Waals surface area contributed by atoms with Crippen molar-refractivity contribution in [2.24, 2.45) is 5.73 Å². The van der Waals surface area contributed by atoms with E-state index in [1.807, 2.05) is 0 Å². The molecule has 0 fully saturated rings. The van der Waals surface area contributed by atoms with E-state index in [0.717, 1.165) is 0 Å². The summed E-state index contributed by atoms with van der Waals surface area (Å²) in [5.41, 5.74) is 10.6. The Hall–Kier alpha value is -2.13. The topological polar surface area (TPSA) is 142 Å². The molecule has 0 aliphatic carbocycles. The average Bonchev–Trinajstić information content (AvgIpc) is 2.36. The first-order chi connectivity index (χ1) is 9.27. The first-order valence-corrected chi connectivity index (χ1v) is 7.02. The van der Waals surface area contributed by atoms with Gasteiger partial charge >= 0.3 is 5.97 Å². The van der Waals surface area contributed by atoms with Crippen molar-refractivity contribution in [3.8, 4) is 0 Å². The Bertz CT molecular complexity index is 627. The van der Waals surface area contributed by atoms with Gasteiger partial charge in [-0.25, -0.2) is 17.9 Å². The number of carbonyl (C=O) groups is 2. The van der Waals surface area contributed by atoms with Crippen molar-refractivity contribution >= 4 is 27.6 Å². The van der Waals surface area contributed by atoms with Crippen LogP contribution < -0.4 is 16.2 Å². The van der Waals surface area contributed by atoms with Crippen LogP contribution in [0, 0.1) is 0 Å². The van der Waals surface area contributed by atoms with Crippen molar-refractivity contribution in [1.29, 1.82) is 0 Å². The van der Waals surface area contributed by atoms with Crippen LogP contribution in [0.4, 0.5) is 5.69 Å². The van der Waals surface area contributed by atoms with Crippen molar-refractivity contribution in [2.75, 3.05) is 19.4 Å². The van der Waals surface area contributed by atoms with Crippen LogP contribution in [0.3, 0.4) is 0 Å². The number of nitrogen functional groups attached to an aromatic ring is 1. The number of sulfonamides is 1. The Balaban J connectivity index is 2.96. The molecule has 1 rings (SSSR count). The molecule has 0 saturated heterocycles. The third kappa shape index (κ3) is 3.93. The molecule has 0 aliphatic heterocycles. The molecule has 0 atom stereocenters. The van der Waals surface area contributed by atoms with Gasteiger partial charge in [0.25, 0.3) is 0 Å². The third-order valence-corrected chi connectivity index (χ3v) is 3.92. The number of primary amides is 1. The van der Waals surface area contributed by atoms with E-state index in [1.165, 1.54) is 25.3 Å². The minimum absolute atomic E-state index is 0.0977. The Morgan fingerprint density at radius 1 is 1.35 bits per heavy atom. The molecule has 0 bridgehead atoms. The van der Waals surface area contributed by atoms with Crippen LogP contribution in [0.1, 0.15) is 16.8 Å². The number of hydrogen-bond donors (Lipinski definition) is 3. The van der Waals surface area contributed by atoms with Crippen LogP contribution in [0.15, 0.2) is 23.1 Å². The number of hydrogen-bond acceptors (Lipinski definition) is 6. The van der Waals surface area contributed by atoms with Crippen LogP contribution in [0.5, 0.6) is 0 Å². The van der Waals surface area contributed by atoms with Crippen LogP contribution >= 0.6 is 0 Å². The third-order valence-electron chi connectivity index (χ3n) is 2.38. The first kappa shape index (κ1) is 15.9. The second-order valence-electron chi connectivity index (χ2n) is 3.86. The summed E-state index contributed by atoms with van der Waals surface area (Å²) in [6.07, 6.45) is -0.126. The standard InChI is InChI=1S/C11H15N3O5S/c1-19-11(16)7-2-3-9(8(12)6-7)20(17,18)14-5-4-10(13)15/h2-3,6,14H,4-5,12H2,1H3,(H2,13,15). The molecule has 0 spiro atoms. The summed E-state index contributed by atoms with van der Waals surface area (Å²) < 4.78 is 30.5. The van der Waals surface area contributed by atoms with E-state index in [1.54, 1.807) is 0 Å². The van der Waals surface area contributed by atoms with E-state index in [2.05, 4.69) is 9.46 Å². The van der Waals surface area contributed by atoms with Gasteiger partial charge in [-0.15, -0.1) is 0 Å². The fourth-order valence-electron chi connectivity index (χ4n) is 1.42. The Morgan fingerprint density at radius 3 is 2.50 bits per heavy atom. The molecule has 8 nitrogen and oxygen atoms in total. The molecule has 1 aromatic carbocycles. The van der Waals surface area contributed by atoms with Crippen LogP contribution in [-0.4, -0.2) is 33.9 Å². The maximum absolute atomic E-state index is 11.9. The molecule has 1 amide bonds. The van der Waals surface area contributed by atoms with E-state index >= 15 is 0 Å². The fourth-order valence-corrected chi connectivity index (χ4v) is 2.57. The number of carbonyl (C=O) groups excluding carboxylic acids is 2. The molecule has 0 radical (unpaired) electrons. The lowest BCUT2D eigenvalue weighted by atomic mass is 10.2. The molecular weight excluding hydrogens is 286 g/mol. The zero-order valence-corrected chi connectivity index (χ0v) is 11.6. The van der Waals surface area contributed by atoms with Gasteiger partial charge < -0.3 is 16.2 Å². The maximum Gasteiger partial charge on any atom is 0.337 e.